The zero-order chi connectivity index (χ0) is 17.0. The zero-order valence-corrected chi connectivity index (χ0v) is 13.1. The van der Waals surface area contributed by atoms with Gasteiger partial charge in [-0.1, -0.05) is 17.9 Å². The number of furan rings is 1. The molecule has 0 saturated heterocycles. The molecule has 124 valence electrons. The molecule has 4 nitrogen and oxygen atoms in total. The molecule has 0 bridgehead atoms. The number of hydrogen-bond acceptors (Lipinski definition) is 3. The van der Waals surface area contributed by atoms with Gasteiger partial charge in [0.15, 0.2) is 5.76 Å². The van der Waals surface area contributed by atoms with E-state index in [2.05, 4.69) is 17.2 Å². The number of halogens is 1. The highest BCUT2D eigenvalue weighted by Crippen LogP contribution is 2.28. The molecular formula is C19H18FNO3. The fraction of sp³-hybridized carbons (Fsp3) is 0.316. The molecule has 1 aromatic heterocycles. The first-order chi connectivity index (χ1) is 11.5. The molecule has 1 aromatic carbocycles. The van der Waals surface area contributed by atoms with Crippen molar-refractivity contribution in [3.8, 4) is 11.8 Å². The second-order valence-corrected chi connectivity index (χ2v) is 6.04. The normalized spacial score (nSPS) is 23.2. The van der Waals surface area contributed by atoms with Crippen LogP contribution in [0.1, 0.15) is 41.8 Å². The fourth-order valence-electron chi connectivity index (χ4n) is 2.91. The highest BCUT2D eigenvalue weighted by molar-refractivity contribution is 5.91. The molecule has 2 aromatic rings. The van der Waals surface area contributed by atoms with Crippen molar-refractivity contribution in [2.24, 2.45) is 0 Å². The predicted molar refractivity (Wildman–Crippen MR) is 86.7 cm³/mol. The minimum Gasteiger partial charge on any atom is -0.459 e. The van der Waals surface area contributed by atoms with Gasteiger partial charge in [-0.05, 0) is 49.6 Å². The Morgan fingerprint density at radius 3 is 3.00 bits per heavy atom. The molecule has 2 atom stereocenters. The number of hydrogen-bond donors (Lipinski definition) is 2. The van der Waals surface area contributed by atoms with E-state index in [1.165, 1.54) is 18.4 Å². The largest absolute Gasteiger partial charge is 0.459 e. The Hall–Kier alpha value is -2.58. The Morgan fingerprint density at radius 2 is 2.25 bits per heavy atom. The van der Waals surface area contributed by atoms with E-state index in [1.54, 1.807) is 24.3 Å². The van der Waals surface area contributed by atoms with Crippen LogP contribution >= 0.6 is 0 Å². The number of carbonyl (C=O) groups excluding carboxylic acids is 1. The Kier molecular flexibility index (Phi) is 4.68. The van der Waals surface area contributed by atoms with E-state index in [9.17, 15) is 14.3 Å². The van der Waals surface area contributed by atoms with Gasteiger partial charge >= 0.3 is 0 Å². The lowest BCUT2D eigenvalue weighted by atomic mass is 9.82. The second kappa shape index (κ2) is 6.90. The summed E-state index contributed by atoms with van der Waals surface area (Å²) in [6.45, 7) is 0. The van der Waals surface area contributed by atoms with Gasteiger partial charge < -0.3 is 14.8 Å². The smallest absolute Gasteiger partial charge is 0.287 e. The van der Waals surface area contributed by atoms with Gasteiger partial charge in [-0.2, -0.15) is 0 Å². The summed E-state index contributed by atoms with van der Waals surface area (Å²) in [5, 5.41) is 13.5. The van der Waals surface area contributed by atoms with Gasteiger partial charge in [-0.3, -0.25) is 4.79 Å². The van der Waals surface area contributed by atoms with Crippen LogP contribution in [-0.4, -0.2) is 22.7 Å². The van der Waals surface area contributed by atoms with Crippen LogP contribution in [0.4, 0.5) is 4.39 Å². The molecule has 3 rings (SSSR count). The lowest BCUT2D eigenvalue weighted by molar-refractivity contribution is 0.0448. The Morgan fingerprint density at radius 1 is 1.38 bits per heavy atom. The van der Waals surface area contributed by atoms with E-state index in [1.807, 2.05) is 0 Å². The van der Waals surface area contributed by atoms with Crippen LogP contribution in [0.3, 0.4) is 0 Å². The molecule has 5 heteroatoms. The molecule has 1 fully saturated rings. The summed E-state index contributed by atoms with van der Waals surface area (Å²) in [6.07, 6.45) is 3.83. The van der Waals surface area contributed by atoms with E-state index in [4.69, 9.17) is 4.42 Å². The summed E-state index contributed by atoms with van der Waals surface area (Å²) < 4.78 is 18.2. The number of benzene rings is 1. The summed E-state index contributed by atoms with van der Waals surface area (Å²) in [5.74, 6) is 5.26. The Labute approximate surface area is 139 Å². The van der Waals surface area contributed by atoms with Gasteiger partial charge in [0.1, 0.15) is 11.4 Å². The van der Waals surface area contributed by atoms with Crippen LogP contribution in [0.25, 0.3) is 0 Å². The first kappa shape index (κ1) is 16.3. The molecule has 1 unspecified atom stereocenters. The molecule has 1 aliphatic carbocycles. The number of carbonyl (C=O) groups is 1. The average Bonchev–Trinajstić information content (AvgIpc) is 3.08. The summed E-state index contributed by atoms with van der Waals surface area (Å²) in [7, 11) is 0. The number of amides is 1. The van der Waals surface area contributed by atoms with Gasteiger partial charge in [-0.25, -0.2) is 4.39 Å². The maximum atomic E-state index is 13.2. The topological polar surface area (TPSA) is 62.5 Å². The van der Waals surface area contributed by atoms with Gasteiger partial charge in [0.25, 0.3) is 5.91 Å². The molecule has 1 aliphatic rings. The highest BCUT2D eigenvalue weighted by atomic mass is 19.1. The number of aliphatic hydroxyl groups is 1. The van der Waals surface area contributed by atoms with E-state index in [0.717, 1.165) is 12.8 Å². The van der Waals surface area contributed by atoms with E-state index >= 15 is 0 Å². The maximum absolute atomic E-state index is 13.2. The van der Waals surface area contributed by atoms with Crippen molar-refractivity contribution in [2.75, 3.05) is 0 Å². The summed E-state index contributed by atoms with van der Waals surface area (Å²) in [4.78, 5) is 12.0. The van der Waals surface area contributed by atoms with Crippen LogP contribution in [0.5, 0.6) is 0 Å². The first-order valence-corrected chi connectivity index (χ1v) is 7.90. The summed E-state index contributed by atoms with van der Waals surface area (Å²) in [6, 6.07) is 9.01. The van der Waals surface area contributed by atoms with Gasteiger partial charge in [0, 0.05) is 18.0 Å². The van der Waals surface area contributed by atoms with Gasteiger partial charge in [-0.15, -0.1) is 0 Å². The third kappa shape index (κ3) is 4.03. The molecule has 0 radical (unpaired) electrons. The minimum atomic E-state index is -1.19. The Balaban J connectivity index is 1.67. The number of nitrogens with one attached hydrogen (secondary N) is 1. The zero-order valence-electron chi connectivity index (χ0n) is 13.1. The standard InChI is InChI=1S/C19H18FNO3/c20-15-5-1-4-14(12-15)8-10-19(23)9-2-6-16(13-19)21-18(22)17-7-3-11-24-17/h1,3-5,7,11-12,16,23H,2,6,9,13H2,(H,21,22)/t16-,19?/m0/s1. The van der Waals surface area contributed by atoms with Crippen molar-refractivity contribution < 1.29 is 18.7 Å². The van der Waals surface area contributed by atoms with Crippen LogP contribution in [0.2, 0.25) is 0 Å². The van der Waals surface area contributed by atoms with Gasteiger partial charge in [0.2, 0.25) is 0 Å². The average molecular weight is 327 g/mol. The fourth-order valence-corrected chi connectivity index (χ4v) is 2.91. The molecule has 24 heavy (non-hydrogen) atoms. The monoisotopic (exact) mass is 327 g/mol. The molecule has 1 saturated carbocycles. The molecule has 2 N–H and O–H groups in total. The van der Waals surface area contributed by atoms with Gasteiger partial charge in [0.05, 0.1) is 6.26 Å². The van der Waals surface area contributed by atoms with Crippen LogP contribution < -0.4 is 5.32 Å². The van der Waals surface area contributed by atoms with E-state index < -0.39 is 5.60 Å². The summed E-state index contributed by atoms with van der Waals surface area (Å²) >= 11 is 0. The van der Waals surface area contributed by atoms with Crippen molar-refractivity contribution in [3.05, 3.63) is 59.8 Å². The SMILES string of the molecule is O=C(N[C@H]1CCCC(O)(C#Cc2cccc(F)c2)C1)c1ccco1. The third-order valence-electron chi connectivity index (χ3n) is 4.07. The maximum Gasteiger partial charge on any atom is 0.287 e. The molecular weight excluding hydrogens is 309 g/mol. The van der Waals surface area contributed by atoms with Crippen LogP contribution in [-0.2, 0) is 0 Å². The van der Waals surface area contributed by atoms with Crippen LogP contribution in [0.15, 0.2) is 47.1 Å². The Bertz CT molecular complexity index is 775. The molecule has 0 aliphatic heterocycles. The quantitative estimate of drug-likeness (QED) is 0.834. The summed E-state index contributed by atoms with van der Waals surface area (Å²) in [5.41, 5.74) is -0.670. The lowest BCUT2D eigenvalue weighted by Gasteiger charge is -2.33. The van der Waals surface area contributed by atoms with Crippen molar-refractivity contribution in [3.63, 3.8) is 0 Å². The minimum absolute atomic E-state index is 0.178. The molecule has 1 heterocycles. The third-order valence-corrected chi connectivity index (χ3v) is 4.07. The van der Waals surface area contributed by atoms with Crippen LogP contribution in [0, 0.1) is 17.7 Å². The van der Waals surface area contributed by atoms with E-state index in [-0.39, 0.29) is 23.5 Å². The molecule has 0 spiro atoms. The molecule has 1 amide bonds. The van der Waals surface area contributed by atoms with Crippen molar-refractivity contribution in [2.45, 2.75) is 37.3 Å². The highest BCUT2D eigenvalue weighted by Gasteiger charge is 2.33. The second-order valence-electron chi connectivity index (χ2n) is 6.04. The van der Waals surface area contributed by atoms with Crippen molar-refractivity contribution in [1.29, 1.82) is 0 Å². The first-order valence-electron chi connectivity index (χ1n) is 7.90. The van der Waals surface area contributed by atoms with Crippen molar-refractivity contribution >= 4 is 5.91 Å². The predicted octanol–water partition coefficient (Wildman–Crippen LogP) is 2.87. The lowest BCUT2D eigenvalue weighted by Crippen LogP contribution is -2.45. The van der Waals surface area contributed by atoms with E-state index in [0.29, 0.717) is 18.4 Å². The number of rotatable bonds is 2. The van der Waals surface area contributed by atoms with Crippen molar-refractivity contribution in [1.82, 2.24) is 5.32 Å².